The van der Waals surface area contributed by atoms with E-state index >= 15 is 0 Å². The molecule has 2 heterocycles. The molecule has 130 valence electrons. The van der Waals surface area contributed by atoms with Gasteiger partial charge in [-0.1, -0.05) is 16.4 Å². The lowest BCUT2D eigenvalue weighted by Crippen LogP contribution is -2.32. The van der Waals surface area contributed by atoms with Crippen molar-refractivity contribution >= 4 is 17.5 Å². The van der Waals surface area contributed by atoms with Crippen LogP contribution in [0.2, 0.25) is 0 Å². The van der Waals surface area contributed by atoms with Gasteiger partial charge in [0.1, 0.15) is 11.5 Å². The van der Waals surface area contributed by atoms with Gasteiger partial charge < -0.3 is 10.2 Å². The van der Waals surface area contributed by atoms with E-state index in [-0.39, 0.29) is 17.3 Å². The van der Waals surface area contributed by atoms with Crippen molar-refractivity contribution in [2.75, 3.05) is 0 Å². The second-order valence-electron chi connectivity index (χ2n) is 5.19. The average molecular weight is 348 g/mol. The fraction of sp³-hybridized carbons (Fsp3) is 0.214. The van der Waals surface area contributed by atoms with Gasteiger partial charge in [0, 0.05) is 12.5 Å². The zero-order valence-electron chi connectivity index (χ0n) is 12.9. The van der Waals surface area contributed by atoms with Crippen LogP contribution in [0.25, 0.3) is 5.69 Å². The Labute approximate surface area is 140 Å². The summed E-state index contributed by atoms with van der Waals surface area (Å²) in [6.45, 7) is 1.36. The summed E-state index contributed by atoms with van der Waals surface area (Å²) in [6.07, 6.45) is 0.903. The normalized spacial score (nSPS) is 16.1. The highest BCUT2D eigenvalue weighted by molar-refractivity contribution is 6.01. The maximum atomic E-state index is 14.4. The molecule has 0 bridgehead atoms. The molecule has 1 aliphatic heterocycles. The molecule has 3 rings (SSSR count). The fourth-order valence-electron chi connectivity index (χ4n) is 2.27. The number of rotatable bonds is 4. The summed E-state index contributed by atoms with van der Waals surface area (Å²) in [6, 6.07) is 4.28. The third-order valence-corrected chi connectivity index (χ3v) is 3.39. The van der Waals surface area contributed by atoms with E-state index in [0.29, 0.717) is 17.7 Å². The number of hydrogen-bond donors (Lipinski definition) is 3. The van der Waals surface area contributed by atoms with E-state index in [1.165, 1.54) is 30.7 Å². The molecule has 11 heteroatoms. The van der Waals surface area contributed by atoms with Crippen LogP contribution in [0.1, 0.15) is 29.4 Å². The highest BCUT2D eigenvalue weighted by atomic mass is 19.1. The molecular weight excluding hydrogens is 335 g/mol. The molecule has 3 N–H and O–H groups in total. The number of oxime groups is 1. The zero-order chi connectivity index (χ0) is 18.0. The average Bonchev–Trinajstić information content (AvgIpc) is 3.23. The molecule has 1 aliphatic rings. The third-order valence-electron chi connectivity index (χ3n) is 3.39. The molecule has 0 aliphatic carbocycles. The highest BCUT2D eigenvalue weighted by Gasteiger charge is 2.23. The minimum atomic E-state index is -0.857. The van der Waals surface area contributed by atoms with Gasteiger partial charge in [-0.2, -0.15) is 0 Å². The minimum Gasteiger partial charge on any atom is -0.370 e. The number of carbonyl (C=O) groups excluding carboxylic acids is 2. The summed E-state index contributed by atoms with van der Waals surface area (Å²) in [5.41, 5.74) is 2.29. The van der Waals surface area contributed by atoms with Crippen molar-refractivity contribution in [3.8, 4) is 5.69 Å². The highest BCUT2D eigenvalue weighted by Crippen LogP contribution is 2.20. The number of aromatic nitrogens is 3. The maximum Gasteiger partial charge on any atom is 0.296 e. The molecule has 1 aromatic carbocycles. The van der Waals surface area contributed by atoms with Gasteiger partial charge in [0.15, 0.2) is 5.69 Å². The molecule has 0 spiro atoms. The van der Waals surface area contributed by atoms with E-state index in [1.807, 2.05) is 0 Å². The molecule has 25 heavy (non-hydrogen) atoms. The van der Waals surface area contributed by atoms with Gasteiger partial charge in [-0.05, 0) is 12.1 Å². The van der Waals surface area contributed by atoms with Gasteiger partial charge >= 0.3 is 0 Å². The maximum absolute atomic E-state index is 14.4. The monoisotopic (exact) mass is 348 g/mol. The van der Waals surface area contributed by atoms with Crippen molar-refractivity contribution in [3.63, 3.8) is 0 Å². The van der Waals surface area contributed by atoms with Crippen molar-refractivity contribution in [2.45, 2.75) is 19.6 Å². The largest absolute Gasteiger partial charge is 0.370 e. The number of nitrogens with zero attached hydrogens (tertiary/aromatic N) is 4. The second-order valence-corrected chi connectivity index (χ2v) is 5.19. The molecule has 0 fully saturated rings. The Morgan fingerprint density at radius 2 is 2.24 bits per heavy atom. The van der Waals surface area contributed by atoms with Gasteiger partial charge in [0.2, 0.25) is 12.1 Å². The number of benzene rings is 1. The topological polar surface area (TPSA) is 131 Å². The SMILES string of the molecule is CC(=O)NC1CC(c2ccc(-n3cc(C(=O)NO)nn3)c(F)c2)=NO1. The molecule has 1 atom stereocenters. The van der Waals surface area contributed by atoms with Gasteiger partial charge in [0.05, 0.1) is 18.3 Å². The van der Waals surface area contributed by atoms with E-state index in [4.69, 9.17) is 10.0 Å². The van der Waals surface area contributed by atoms with Crippen LogP contribution in [-0.2, 0) is 9.63 Å². The lowest BCUT2D eigenvalue weighted by molar-refractivity contribution is -0.122. The third kappa shape index (κ3) is 3.45. The van der Waals surface area contributed by atoms with Crippen LogP contribution in [0.15, 0.2) is 29.6 Å². The minimum absolute atomic E-state index is 0.0613. The van der Waals surface area contributed by atoms with Gasteiger partial charge in [-0.25, -0.2) is 14.6 Å². The summed E-state index contributed by atoms with van der Waals surface area (Å²) >= 11 is 0. The number of carbonyl (C=O) groups is 2. The van der Waals surface area contributed by atoms with Gasteiger partial charge in [-0.15, -0.1) is 5.10 Å². The smallest absolute Gasteiger partial charge is 0.296 e. The lowest BCUT2D eigenvalue weighted by Gasteiger charge is -2.08. The van der Waals surface area contributed by atoms with Gasteiger partial charge in [0.25, 0.3) is 5.91 Å². The molecule has 10 nitrogen and oxygen atoms in total. The Kier molecular flexibility index (Phi) is 4.39. The Hall–Kier alpha value is -3.34. The van der Waals surface area contributed by atoms with Crippen molar-refractivity contribution in [1.82, 2.24) is 25.8 Å². The number of halogens is 1. The summed E-state index contributed by atoms with van der Waals surface area (Å²) in [7, 11) is 0. The number of hydroxylamine groups is 1. The van der Waals surface area contributed by atoms with Crippen LogP contribution in [0.5, 0.6) is 0 Å². The summed E-state index contributed by atoms with van der Waals surface area (Å²) in [5, 5.41) is 22.1. The first-order valence-corrected chi connectivity index (χ1v) is 7.15. The molecule has 2 amide bonds. The first-order chi connectivity index (χ1) is 12.0. The van der Waals surface area contributed by atoms with Crippen LogP contribution < -0.4 is 10.8 Å². The molecule has 0 saturated carbocycles. The quantitative estimate of drug-likeness (QED) is 0.531. The van der Waals surface area contributed by atoms with Crippen molar-refractivity contribution in [1.29, 1.82) is 0 Å². The zero-order valence-corrected chi connectivity index (χ0v) is 12.9. The standard InChI is InChI=1S/C14H13FN6O4/c1-7(22)16-13-5-10(19-25-13)8-2-3-12(9(15)4-8)21-6-11(17-20-21)14(23)18-24/h2-4,6,13,24H,5H2,1H3,(H,16,22)(H,18,23). The van der Waals surface area contributed by atoms with Crippen LogP contribution in [0.3, 0.4) is 0 Å². The summed E-state index contributed by atoms with van der Waals surface area (Å²) in [5.74, 6) is -1.73. The fourth-order valence-corrected chi connectivity index (χ4v) is 2.27. The number of amides is 2. The summed E-state index contributed by atoms with van der Waals surface area (Å²) < 4.78 is 15.5. The summed E-state index contributed by atoms with van der Waals surface area (Å²) in [4.78, 5) is 27.3. The Bertz CT molecular complexity index is 865. The predicted molar refractivity (Wildman–Crippen MR) is 80.4 cm³/mol. The molecule has 0 radical (unpaired) electrons. The Morgan fingerprint density at radius 1 is 1.44 bits per heavy atom. The van der Waals surface area contributed by atoms with Crippen LogP contribution in [-0.4, -0.2) is 44.0 Å². The Balaban J connectivity index is 1.79. The van der Waals surface area contributed by atoms with Gasteiger partial charge in [-0.3, -0.25) is 14.8 Å². The molecular formula is C14H13FN6O4. The van der Waals surface area contributed by atoms with E-state index in [0.717, 1.165) is 4.68 Å². The van der Waals surface area contributed by atoms with Crippen molar-refractivity contribution < 1.29 is 24.0 Å². The van der Waals surface area contributed by atoms with E-state index in [1.54, 1.807) is 6.07 Å². The van der Waals surface area contributed by atoms with Crippen LogP contribution >= 0.6 is 0 Å². The van der Waals surface area contributed by atoms with Crippen LogP contribution in [0, 0.1) is 5.82 Å². The first kappa shape index (κ1) is 16.5. The Morgan fingerprint density at radius 3 is 2.92 bits per heavy atom. The van der Waals surface area contributed by atoms with E-state index in [9.17, 15) is 14.0 Å². The van der Waals surface area contributed by atoms with Crippen molar-refractivity contribution in [2.24, 2.45) is 5.16 Å². The number of nitrogens with one attached hydrogen (secondary N) is 2. The first-order valence-electron chi connectivity index (χ1n) is 7.15. The second kappa shape index (κ2) is 6.65. The number of hydrogen-bond acceptors (Lipinski definition) is 7. The molecule has 1 aromatic heterocycles. The van der Waals surface area contributed by atoms with Crippen molar-refractivity contribution in [3.05, 3.63) is 41.5 Å². The lowest BCUT2D eigenvalue weighted by atomic mass is 10.1. The van der Waals surface area contributed by atoms with E-state index in [2.05, 4.69) is 20.8 Å². The molecule has 1 unspecified atom stereocenters. The molecule has 2 aromatic rings. The van der Waals surface area contributed by atoms with E-state index < -0.39 is 18.0 Å². The van der Waals surface area contributed by atoms with Crippen LogP contribution in [0.4, 0.5) is 4.39 Å². The predicted octanol–water partition coefficient (Wildman–Crippen LogP) is 0.112. The molecule has 0 saturated heterocycles.